The maximum absolute atomic E-state index is 12.4. The van der Waals surface area contributed by atoms with Gasteiger partial charge in [-0.25, -0.2) is 0 Å². The molecule has 1 atom stereocenters. The van der Waals surface area contributed by atoms with Gasteiger partial charge in [-0.05, 0) is 23.5 Å². The minimum absolute atomic E-state index is 0.0797. The van der Waals surface area contributed by atoms with Crippen LogP contribution in [0.25, 0.3) is 0 Å². The topological polar surface area (TPSA) is 46.3 Å². The Balaban J connectivity index is 2.93. The van der Waals surface area contributed by atoms with Crippen LogP contribution in [-0.4, -0.2) is 17.9 Å². The maximum atomic E-state index is 12.4. The third kappa shape index (κ3) is 4.04. The summed E-state index contributed by atoms with van der Waals surface area (Å²) in [4.78, 5) is 14.4. The highest BCUT2D eigenvalue weighted by molar-refractivity contribution is 7.80. The molecule has 20 heavy (non-hydrogen) atoms. The summed E-state index contributed by atoms with van der Waals surface area (Å²) in [6.07, 6.45) is 0.506. The number of benzene rings is 1. The van der Waals surface area contributed by atoms with Crippen LogP contribution in [0.2, 0.25) is 0 Å². The summed E-state index contributed by atoms with van der Waals surface area (Å²) in [5, 5.41) is 0. The van der Waals surface area contributed by atoms with Gasteiger partial charge >= 0.3 is 0 Å². The SMILES string of the molecule is CC(CC(=O)N(C)c1ccccc1C(N)=S)C(C)(C)C. The van der Waals surface area contributed by atoms with Crippen molar-refractivity contribution in [2.75, 3.05) is 11.9 Å². The molecule has 1 amide bonds. The lowest BCUT2D eigenvalue weighted by Gasteiger charge is -2.29. The fraction of sp³-hybridized carbons (Fsp3) is 0.500. The molecule has 2 N–H and O–H groups in total. The van der Waals surface area contributed by atoms with Gasteiger partial charge in [0.15, 0.2) is 0 Å². The molecule has 0 heterocycles. The normalized spacial score (nSPS) is 12.8. The van der Waals surface area contributed by atoms with E-state index in [1.165, 1.54) is 0 Å². The summed E-state index contributed by atoms with van der Waals surface area (Å²) in [5.74, 6) is 0.380. The van der Waals surface area contributed by atoms with E-state index in [4.69, 9.17) is 18.0 Å². The molecule has 4 heteroatoms. The smallest absolute Gasteiger partial charge is 0.227 e. The quantitative estimate of drug-likeness (QED) is 0.866. The Kier molecular flexibility index (Phi) is 5.28. The van der Waals surface area contributed by atoms with Crippen molar-refractivity contribution in [2.24, 2.45) is 17.1 Å². The molecule has 3 nitrogen and oxygen atoms in total. The van der Waals surface area contributed by atoms with Gasteiger partial charge in [0.25, 0.3) is 0 Å². The minimum atomic E-state index is 0.0797. The molecular formula is C16H24N2OS. The number of hydrogen-bond donors (Lipinski definition) is 1. The lowest BCUT2D eigenvalue weighted by Crippen LogP contribution is -2.32. The number of anilines is 1. The third-order valence-corrected chi connectivity index (χ3v) is 4.08. The minimum Gasteiger partial charge on any atom is -0.389 e. The predicted octanol–water partition coefficient (Wildman–Crippen LogP) is 3.36. The summed E-state index contributed by atoms with van der Waals surface area (Å²) in [5.41, 5.74) is 7.33. The summed E-state index contributed by atoms with van der Waals surface area (Å²) >= 11 is 5.04. The molecule has 0 aliphatic heterocycles. The highest BCUT2D eigenvalue weighted by Crippen LogP contribution is 2.29. The molecule has 0 saturated carbocycles. The van der Waals surface area contributed by atoms with E-state index in [0.717, 1.165) is 11.3 Å². The zero-order valence-electron chi connectivity index (χ0n) is 12.9. The van der Waals surface area contributed by atoms with Crippen LogP contribution in [0.4, 0.5) is 5.69 Å². The van der Waals surface area contributed by atoms with Crippen LogP contribution < -0.4 is 10.6 Å². The van der Waals surface area contributed by atoms with E-state index in [-0.39, 0.29) is 11.3 Å². The number of rotatable bonds is 4. The van der Waals surface area contributed by atoms with E-state index in [1.807, 2.05) is 24.3 Å². The molecule has 110 valence electrons. The van der Waals surface area contributed by atoms with Crippen molar-refractivity contribution in [3.8, 4) is 0 Å². The van der Waals surface area contributed by atoms with Gasteiger partial charge < -0.3 is 10.6 Å². The lowest BCUT2D eigenvalue weighted by molar-refractivity contribution is -0.119. The van der Waals surface area contributed by atoms with Gasteiger partial charge in [0.1, 0.15) is 4.99 Å². The van der Waals surface area contributed by atoms with Crippen LogP contribution in [0, 0.1) is 11.3 Å². The second kappa shape index (κ2) is 6.35. The van der Waals surface area contributed by atoms with Crippen LogP contribution in [-0.2, 0) is 4.79 Å². The lowest BCUT2D eigenvalue weighted by atomic mass is 9.80. The Morgan fingerprint density at radius 1 is 1.35 bits per heavy atom. The van der Waals surface area contributed by atoms with E-state index >= 15 is 0 Å². The Labute approximate surface area is 127 Å². The van der Waals surface area contributed by atoms with E-state index in [1.54, 1.807) is 11.9 Å². The number of hydrogen-bond acceptors (Lipinski definition) is 2. The van der Waals surface area contributed by atoms with Gasteiger partial charge in [0.05, 0.1) is 5.69 Å². The van der Waals surface area contributed by atoms with Crippen LogP contribution >= 0.6 is 12.2 Å². The second-order valence-corrected chi connectivity index (χ2v) is 6.75. The van der Waals surface area contributed by atoms with E-state index in [2.05, 4.69) is 27.7 Å². The van der Waals surface area contributed by atoms with E-state index in [9.17, 15) is 4.79 Å². The number of carbonyl (C=O) groups excluding carboxylic acids is 1. The molecule has 0 fully saturated rings. The summed E-state index contributed by atoms with van der Waals surface area (Å²) in [6, 6.07) is 7.46. The average Bonchev–Trinajstić information content (AvgIpc) is 2.36. The number of thiocarbonyl (C=S) groups is 1. The first-order chi connectivity index (χ1) is 9.14. The monoisotopic (exact) mass is 292 g/mol. The number of nitrogens with zero attached hydrogens (tertiary/aromatic N) is 1. The first kappa shape index (κ1) is 16.6. The molecule has 0 aliphatic rings. The summed E-state index contributed by atoms with van der Waals surface area (Å²) < 4.78 is 0. The van der Waals surface area contributed by atoms with Gasteiger partial charge in [-0.1, -0.05) is 52.0 Å². The van der Waals surface area contributed by atoms with Crippen LogP contribution in [0.3, 0.4) is 0 Å². The average molecular weight is 292 g/mol. The zero-order valence-corrected chi connectivity index (χ0v) is 13.8. The van der Waals surface area contributed by atoms with E-state index < -0.39 is 0 Å². The Hall–Kier alpha value is -1.42. The van der Waals surface area contributed by atoms with Crippen molar-refractivity contribution >= 4 is 28.8 Å². The molecule has 0 bridgehead atoms. The largest absolute Gasteiger partial charge is 0.389 e. The van der Waals surface area contributed by atoms with Crippen molar-refractivity contribution in [3.05, 3.63) is 29.8 Å². The van der Waals surface area contributed by atoms with Gasteiger partial charge in [-0.3, -0.25) is 4.79 Å². The highest BCUT2D eigenvalue weighted by Gasteiger charge is 2.25. The Bertz CT molecular complexity index is 505. The maximum Gasteiger partial charge on any atom is 0.227 e. The molecule has 0 aliphatic carbocycles. The summed E-state index contributed by atoms with van der Waals surface area (Å²) in [6.45, 7) is 8.54. The number of amides is 1. The molecule has 1 aromatic rings. The summed E-state index contributed by atoms with van der Waals surface area (Å²) in [7, 11) is 1.77. The second-order valence-electron chi connectivity index (χ2n) is 6.31. The number of para-hydroxylation sites is 1. The van der Waals surface area contributed by atoms with Gasteiger partial charge in [-0.15, -0.1) is 0 Å². The fourth-order valence-corrected chi connectivity index (χ4v) is 1.99. The zero-order chi connectivity index (χ0) is 15.5. The van der Waals surface area contributed by atoms with Crippen molar-refractivity contribution in [3.63, 3.8) is 0 Å². The molecular weight excluding hydrogens is 268 g/mol. The van der Waals surface area contributed by atoms with Gasteiger partial charge in [0, 0.05) is 19.0 Å². The fourth-order valence-electron chi connectivity index (χ4n) is 1.81. The molecule has 1 unspecified atom stereocenters. The Morgan fingerprint density at radius 3 is 2.40 bits per heavy atom. The molecule has 0 radical (unpaired) electrons. The van der Waals surface area contributed by atoms with Gasteiger partial charge in [0.2, 0.25) is 5.91 Å². The molecule has 1 aromatic carbocycles. The number of nitrogens with two attached hydrogens (primary N) is 1. The van der Waals surface area contributed by atoms with Crippen LogP contribution in [0.1, 0.15) is 39.7 Å². The third-order valence-electron chi connectivity index (χ3n) is 3.86. The molecule has 0 spiro atoms. The van der Waals surface area contributed by atoms with Crippen molar-refractivity contribution in [1.29, 1.82) is 0 Å². The van der Waals surface area contributed by atoms with Gasteiger partial charge in [-0.2, -0.15) is 0 Å². The number of carbonyl (C=O) groups is 1. The van der Waals surface area contributed by atoms with Crippen LogP contribution in [0.5, 0.6) is 0 Å². The standard InChI is InChI=1S/C16H24N2OS/c1-11(16(2,3)4)10-14(19)18(5)13-9-7-6-8-12(13)15(17)20/h6-9,11H,10H2,1-5H3,(H2,17,20). The Morgan fingerprint density at radius 2 is 1.90 bits per heavy atom. The first-order valence-electron chi connectivity index (χ1n) is 6.80. The van der Waals surface area contributed by atoms with Crippen molar-refractivity contribution < 1.29 is 4.79 Å². The van der Waals surface area contributed by atoms with Crippen molar-refractivity contribution in [1.82, 2.24) is 0 Å². The highest BCUT2D eigenvalue weighted by atomic mass is 32.1. The molecule has 0 saturated heterocycles. The molecule has 0 aromatic heterocycles. The van der Waals surface area contributed by atoms with Crippen molar-refractivity contribution in [2.45, 2.75) is 34.1 Å². The predicted molar refractivity (Wildman–Crippen MR) is 89.0 cm³/mol. The molecule has 1 rings (SSSR count). The van der Waals surface area contributed by atoms with E-state index in [0.29, 0.717) is 17.3 Å². The van der Waals surface area contributed by atoms with Crippen LogP contribution in [0.15, 0.2) is 24.3 Å². The first-order valence-corrected chi connectivity index (χ1v) is 7.20.